The van der Waals surface area contributed by atoms with Crippen LogP contribution in [-0.4, -0.2) is 20.1 Å². The molecule has 4 aromatic carbocycles. The van der Waals surface area contributed by atoms with Crippen LogP contribution in [0.4, 0.5) is 11.4 Å². The van der Waals surface area contributed by atoms with Crippen molar-refractivity contribution in [3.8, 4) is 0 Å². The second-order valence-electron chi connectivity index (χ2n) is 13.1. The molecule has 5 heteroatoms. The van der Waals surface area contributed by atoms with Crippen LogP contribution in [0.5, 0.6) is 0 Å². The molecule has 0 aromatic heterocycles. The Labute approximate surface area is 303 Å². The molecule has 2 atom stereocenters. The van der Waals surface area contributed by atoms with E-state index in [0.29, 0.717) is 9.54 Å². The molecular formula is C41H38Cl2NSiZr. The molecule has 1 aliphatic heterocycles. The largest absolute Gasteiger partial charge is 1.00 e. The van der Waals surface area contributed by atoms with Crippen molar-refractivity contribution >= 4 is 47.4 Å². The van der Waals surface area contributed by atoms with E-state index in [4.69, 9.17) is 0 Å². The number of nitrogens with zero attached hydrogens (tertiary/aromatic N) is 1. The number of hydrogen-bond donors (Lipinski definition) is 0. The molecule has 0 N–H and O–H groups in total. The van der Waals surface area contributed by atoms with E-state index in [-0.39, 0.29) is 24.8 Å². The number of benzene rings is 4. The molecule has 0 saturated carbocycles. The van der Waals surface area contributed by atoms with Crippen LogP contribution in [0.3, 0.4) is 0 Å². The van der Waals surface area contributed by atoms with Gasteiger partial charge in [0, 0.05) is 0 Å². The maximum Gasteiger partial charge on any atom is -1.00 e. The quantitative estimate of drug-likeness (QED) is 0.283. The van der Waals surface area contributed by atoms with Crippen LogP contribution in [-0.2, 0) is 31.1 Å². The van der Waals surface area contributed by atoms with E-state index in [1.54, 1.807) is 52.2 Å². The second-order valence-corrected chi connectivity index (χ2v) is 17.2. The zero-order valence-electron chi connectivity index (χ0n) is 26.9. The Morgan fingerprint density at radius 1 is 0.804 bits per heavy atom. The summed E-state index contributed by atoms with van der Waals surface area (Å²) in [6.45, 7) is 10.9. The minimum absolute atomic E-state index is 0. The van der Waals surface area contributed by atoms with Crippen LogP contribution in [0, 0.1) is 0 Å². The van der Waals surface area contributed by atoms with Gasteiger partial charge in [0.25, 0.3) is 0 Å². The van der Waals surface area contributed by atoms with Crippen molar-refractivity contribution in [3.63, 3.8) is 0 Å². The van der Waals surface area contributed by atoms with Gasteiger partial charge >= 0.3 is 274 Å². The Kier molecular flexibility index (Phi) is 9.54. The molecule has 3 aliphatic carbocycles. The van der Waals surface area contributed by atoms with Crippen LogP contribution in [0.25, 0.3) is 22.4 Å². The summed E-state index contributed by atoms with van der Waals surface area (Å²) in [5, 5.41) is 4.41. The summed E-state index contributed by atoms with van der Waals surface area (Å²) in [5.41, 5.74) is 17.9. The van der Waals surface area contributed by atoms with E-state index in [1.165, 1.54) is 68.4 Å². The van der Waals surface area contributed by atoms with Crippen LogP contribution in [0.2, 0.25) is 16.7 Å². The molecule has 1 heterocycles. The molecule has 0 bridgehead atoms. The number of rotatable bonds is 3. The maximum absolute atomic E-state index is 2.61. The van der Waals surface area contributed by atoms with Crippen molar-refractivity contribution in [2.45, 2.75) is 55.7 Å². The topological polar surface area (TPSA) is 3.24 Å². The smallest absolute Gasteiger partial charge is 1.00 e. The van der Waals surface area contributed by atoms with Crippen LogP contribution < -0.4 is 29.7 Å². The molecule has 0 fully saturated rings. The summed E-state index contributed by atoms with van der Waals surface area (Å²) >= 11 is 1.59. The summed E-state index contributed by atoms with van der Waals surface area (Å²) in [5.74, 6) is 0.303. The molecule has 2 unspecified atom stereocenters. The Balaban J connectivity index is 0.00000186. The summed E-state index contributed by atoms with van der Waals surface area (Å²) in [6.07, 6.45) is 8.62. The monoisotopic (exact) mass is 732 g/mol. The van der Waals surface area contributed by atoms with Gasteiger partial charge in [0.15, 0.2) is 0 Å². The second kappa shape index (κ2) is 13.2. The van der Waals surface area contributed by atoms with E-state index in [1.807, 2.05) is 0 Å². The van der Waals surface area contributed by atoms with Gasteiger partial charge in [-0.2, -0.15) is 0 Å². The molecule has 1 nitrogen and oxygen atoms in total. The molecule has 0 radical (unpaired) electrons. The Hall–Kier alpha value is -2.55. The zero-order chi connectivity index (χ0) is 30.1. The van der Waals surface area contributed by atoms with Crippen LogP contribution >= 0.6 is 0 Å². The molecular weight excluding hydrogens is 697 g/mol. The number of halogens is 2. The van der Waals surface area contributed by atoms with Gasteiger partial charge in [-0.3, -0.25) is 0 Å². The first-order chi connectivity index (χ1) is 21.4. The molecule has 0 amide bonds. The van der Waals surface area contributed by atoms with Crippen molar-refractivity contribution in [2.75, 3.05) is 11.4 Å². The van der Waals surface area contributed by atoms with Gasteiger partial charge in [-0.15, -0.1) is 0 Å². The molecule has 8 rings (SSSR count). The number of para-hydroxylation sites is 1. The summed E-state index contributed by atoms with van der Waals surface area (Å²) in [6, 6.07) is 32.0. The fourth-order valence-electron chi connectivity index (χ4n) is 8.37. The van der Waals surface area contributed by atoms with Crippen molar-refractivity contribution in [1.82, 2.24) is 0 Å². The minimum Gasteiger partial charge on any atom is -1.00 e. The van der Waals surface area contributed by atoms with Gasteiger partial charge < -0.3 is 24.8 Å². The van der Waals surface area contributed by atoms with E-state index in [2.05, 4.69) is 129 Å². The molecule has 4 aromatic rings. The van der Waals surface area contributed by atoms with Crippen molar-refractivity contribution in [2.24, 2.45) is 0 Å². The third kappa shape index (κ3) is 5.18. The molecule has 0 spiro atoms. The van der Waals surface area contributed by atoms with E-state index in [0.717, 1.165) is 13.0 Å². The van der Waals surface area contributed by atoms with Crippen molar-refractivity contribution in [3.05, 3.63) is 141 Å². The SMILES string of the molecule is CC1=Cc2c(cccc2N2CCCc3ccccc32)C1C1=C2C(=CCC1=[Si](C)C)[CH]([Zr+2])C(C)=C2c1cccc2ccccc12.[Cl-].[Cl-]. The van der Waals surface area contributed by atoms with Gasteiger partial charge in [0.1, 0.15) is 0 Å². The summed E-state index contributed by atoms with van der Waals surface area (Å²) in [7, 11) is -0.672. The fourth-order valence-corrected chi connectivity index (χ4v) is 10.7. The van der Waals surface area contributed by atoms with Gasteiger partial charge in [0.2, 0.25) is 0 Å². The summed E-state index contributed by atoms with van der Waals surface area (Å²) in [4.78, 5) is 2.60. The first kappa shape index (κ1) is 33.4. The van der Waals surface area contributed by atoms with Gasteiger partial charge in [-0.25, -0.2) is 0 Å². The van der Waals surface area contributed by atoms with E-state index < -0.39 is 8.41 Å². The van der Waals surface area contributed by atoms with E-state index in [9.17, 15) is 0 Å². The molecule has 229 valence electrons. The van der Waals surface area contributed by atoms with Gasteiger partial charge in [-0.05, 0) is 0 Å². The Bertz CT molecular complexity index is 2040. The first-order valence-corrected chi connectivity index (χ1v) is 20.0. The Morgan fingerprint density at radius 3 is 2.35 bits per heavy atom. The normalized spacial score (nSPS) is 20.0. The standard InChI is InChI=1S/C41H38NSi.2ClH.Zr/c1-26-24-30-21-22-37(43(3)4)41(40(30)38(26)32-17-9-14-28-12-5-7-16-31(28)32)39-27(2)25-34-33(39)18-10-20-36(34)42-23-11-15-29-13-6-8-19-35(29)42;;;/h5-10,12-14,16-21,24-25,39H,11,15,22-23H2,1-4H3;2*1H;/q;;;+2/p-2. The first-order valence-electron chi connectivity index (χ1n) is 16.1. The Morgan fingerprint density at radius 2 is 1.52 bits per heavy atom. The predicted molar refractivity (Wildman–Crippen MR) is 187 cm³/mol. The van der Waals surface area contributed by atoms with E-state index >= 15 is 0 Å². The number of anilines is 2. The van der Waals surface area contributed by atoms with Gasteiger partial charge in [0.05, 0.1) is 0 Å². The number of aryl methyl sites for hydroxylation is 1. The number of allylic oxidation sites excluding steroid dienone is 7. The van der Waals surface area contributed by atoms with Crippen LogP contribution in [0.15, 0.2) is 119 Å². The van der Waals surface area contributed by atoms with Crippen LogP contribution in [0.1, 0.15) is 54.9 Å². The average Bonchev–Trinajstić information content (AvgIpc) is 3.52. The van der Waals surface area contributed by atoms with Crippen molar-refractivity contribution in [1.29, 1.82) is 0 Å². The maximum atomic E-state index is 2.61. The predicted octanol–water partition coefficient (Wildman–Crippen LogP) is 4.39. The number of fused-ring (bicyclic) bond motifs is 4. The zero-order valence-corrected chi connectivity index (χ0v) is 31.9. The average molecular weight is 735 g/mol. The third-order valence-electron chi connectivity index (χ3n) is 10.4. The van der Waals surface area contributed by atoms with Crippen molar-refractivity contribution < 1.29 is 49.5 Å². The minimum atomic E-state index is -0.672. The molecule has 46 heavy (non-hydrogen) atoms. The summed E-state index contributed by atoms with van der Waals surface area (Å²) < 4.78 is 0.522. The third-order valence-corrected chi connectivity index (χ3v) is 13.9. The molecule has 0 saturated heterocycles. The fraction of sp³-hybridized carbons (Fsp3) is 0.244. The molecule has 4 aliphatic rings. The number of hydrogen-bond acceptors (Lipinski definition) is 1. The van der Waals surface area contributed by atoms with Gasteiger partial charge in [-0.1, -0.05) is 6.07 Å².